The van der Waals surface area contributed by atoms with E-state index in [0.717, 1.165) is 5.56 Å². The van der Waals surface area contributed by atoms with Gasteiger partial charge in [0.25, 0.3) is 0 Å². The van der Waals surface area contributed by atoms with E-state index in [1.54, 1.807) is 24.3 Å². The third-order valence-electron chi connectivity index (χ3n) is 2.95. The summed E-state index contributed by atoms with van der Waals surface area (Å²) in [5.74, 6) is 1.06. The molecule has 0 saturated heterocycles. The maximum absolute atomic E-state index is 8.93. The predicted molar refractivity (Wildman–Crippen MR) is 72.2 cm³/mol. The summed E-state index contributed by atoms with van der Waals surface area (Å²) in [6.07, 6.45) is 0. The van der Waals surface area contributed by atoms with Crippen LogP contribution in [0.15, 0.2) is 35.0 Å². The van der Waals surface area contributed by atoms with Gasteiger partial charge in [-0.2, -0.15) is 5.26 Å². The van der Waals surface area contributed by atoms with Gasteiger partial charge in [-0.1, -0.05) is 6.07 Å². The van der Waals surface area contributed by atoms with E-state index < -0.39 is 0 Å². The number of fused-ring (bicyclic) bond motifs is 1. The van der Waals surface area contributed by atoms with Crippen molar-refractivity contribution in [3.8, 4) is 17.6 Å². The number of nitrogens with two attached hydrogens (primary N) is 1. The van der Waals surface area contributed by atoms with Gasteiger partial charge in [-0.15, -0.1) is 0 Å². The zero-order valence-electron chi connectivity index (χ0n) is 10.6. The Morgan fingerprint density at radius 1 is 1.15 bits per heavy atom. The summed E-state index contributed by atoms with van der Waals surface area (Å²) in [6, 6.07) is 10.7. The number of ether oxygens (including phenoxy) is 1. The first-order valence-corrected chi connectivity index (χ1v) is 5.88. The number of benzene rings is 2. The molecule has 3 aromatic rings. The van der Waals surface area contributed by atoms with Gasteiger partial charge in [0.1, 0.15) is 5.75 Å². The topological polar surface area (TPSA) is 98.0 Å². The maximum atomic E-state index is 8.93. The van der Waals surface area contributed by atoms with Crippen molar-refractivity contribution in [1.29, 1.82) is 5.26 Å². The van der Waals surface area contributed by atoms with E-state index in [9.17, 15) is 0 Å². The summed E-state index contributed by atoms with van der Waals surface area (Å²) in [4.78, 5) is 0. The number of anilines is 1. The molecule has 0 amide bonds. The fourth-order valence-electron chi connectivity index (χ4n) is 1.84. The SMILES string of the molecule is Cc1ccc(C#N)cc1Oc1ccc(N)c2nonc12. The van der Waals surface area contributed by atoms with Crippen molar-refractivity contribution in [3.05, 3.63) is 41.5 Å². The van der Waals surface area contributed by atoms with E-state index in [4.69, 9.17) is 15.7 Å². The smallest absolute Gasteiger partial charge is 0.179 e. The van der Waals surface area contributed by atoms with Crippen LogP contribution in [0, 0.1) is 18.3 Å². The van der Waals surface area contributed by atoms with Gasteiger partial charge >= 0.3 is 0 Å². The number of rotatable bonds is 2. The number of nitriles is 1. The van der Waals surface area contributed by atoms with Gasteiger partial charge in [-0.25, -0.2) is 4.63 Å². The van der Waals surface area contributed by atoms with Crippen molar-refractivity contribution in [1.82, 2.24) is 10.3 Å². The molecule has 1 aromatic heterocycles. The van der Waals surface area contributed by atoms with Crippen molar-refractivity contribution in [2.45, 2.75) is 6.92 Å². The number of aryl methyl sites for hydroxylation is 1. The van der Waals surface area contributed by atoms with Gasteiger partial charge in [0, 0.05) is 0 Å². The Hall–Kier alpha value is -3.07. The highest BCUT2D eigenvalue weighted by molar-refractivity contribution is 5.90. The van der Waals surface area contributed by atoms with Crippen LogP contribution in [0.3, 0.4) is 0 Å². The van der Waals surface area contributed by atoms with E-state index in [0.29, 0.717) is 33.8 Å². The molecule has 0 aliphatic rings. The molecule has 20 heavy (non-hydrogen) atoms. The van der Waals surface area contributed by atoms with E-state index in [1.165, 1.54) is 0 Å². The van der Waals surface area contributed by atoms with Gasteiger partial charge in [-0.3, -0.25) is 0 Å². The summed E-state index contributed by atoms with van der Waals surface area (Å²) in [6.45, 7) is 1.89. The van der Waals surface area contributed by atoms with E-state index in [-0.39, 0.29) is 0 Å². The van der Waals surface area contributed by atoms with Crippen molar-refractivity contribution < 1.29 is 9.37 Å². The highest BCUT2D eigenvalue weighted by Crippen LogP contribution is 2.32. The van der Waals surface area contributed by atoms with Crippen LogP contribution in [-0.2, 0) is 0 Å². The second-order valence-electron chi connectivity index (χ2n) is 4.31. The fourth-order valence-corrected chi connectivity index (χ4v) is 1.84. The zero-order valence-corrected chi connectivity index (χ0v) is 10.6. The molecular formula is C14H10N4O2. The van der Waals surface area contributed by atoms with Crippen molar-refractivity contribution in [2.24, 2.45) is 0 Å². The van der Waals surface area contributed by atoms with Crippen molar-refractivity contribution in [2.75, 3.05) is 5.73 Å². The third kappa shape index (κ3) is 1.91. The van der Waals surface area contributed by atoms with Crippen LogP contribution in [0.2, 0.25) is 0 Å². The van der Waals surface area contributed by atoms with Gasteiger partial charge in [0.2, 0.25) is 0 Å². The van der Waals surface area contributed by atoms with E-state index in [2.05, 4.69) is 21.0 Å². The Bertz CT molecular complexity index is 833. The van der Waals surface area contributed by atoms with Crippen molar-refractivity contribution >= 4 is 16.7 Å². The lowest BCUT2D eigenvalue weighted by Gasteiger charge is -2.09. The molecule has 0 radical (unpaired) electrons. The molecule has 0 bridgehead atoms. The average molecular weight is 266 g/mol. The van der Waals surface area contributed by atoms with Crippen LogP contribution in [0.1, 0.15) is 11.1 Å². The first-order chi connectivity index (χ1) is 9.69. The lowest BCUT2D eigenvalue weighted by atomic mass is 10.1. The van der Waals surface area contributed by atoms with Crippen LogP contribution < -0.4 is 10.5 Å². The molecule has 0 aliphatic carbocycles. The molecule has 0 atom stereocenters. The number of hydrogen-bond donors (Lipinski definition) is 1. The Kier molecular flexibility index (Phi) is 2.73. The third-order valence-corrected chi connectivity index (χ3v) is 2.95. The molecule has 0 aliphatic heterocycles. The summed E-state index contributed by atoms with van der Waals surface area (Å²) in [7, 11) is 0. The highest BCUT2D eigenvalue weighted by atomic mass is 16.6. The molecule has 0 unspecified atom stereocenters. The van der Waals surface area contributed by atoms with Crippen LogP contribution in [0.5, 0.6) is 11.5 Å². The normalized spacial score (nSPS) is 10.4. The molecule has 2 aromatic carbocycles. The summed E-state index contributed by atoms with van der Waals surface area (Å²) >= 11 is 0. The average Bonchev–Trinajstić information content (AvgIpc) is 2.94. The highest BCUT2D eigenvalue weighted by Gasteiger charge is 2.13. The molecule has 6 nitrogen and oxygen atoms in total. The van der Waals surface area contributed by atoms with Gasteiger partial charge < -0.3 is 10.5 Å². The molecule has 0 saturated carbocycles. The van der Waals surface area contributed by atoms with Gasteiger partial charge in [0.15, 0.2) is 16.8 Å². The molecule has 98 valence electrons. The minimum Gasteiger partial charge on any atom is -0.455 e. The largest absolute Gasteiger partial charge is 0.455 e. The Morgan fingerprint density at radius 2 is 1.95 bits per heavy atom. The van der Waals surface area contributed by atoms with Gasteiger partial charge in [-0.05, 0) is 47.1 Å². The van der Waals surface area contributed by atoms with Crippen molar-refractivity contribution in [3.63, 3.8) is 0 Å². The first kappa shape index (κ1) is 12.0. The minimum atomic E-state index is 0.451. The lowest BCUT2D eigenvalue weighted by molar-refractivity contribution is 0.314. The molecule has 1 heterocycles. The zero-order chi connectivity index (χ0) is 14.1. The monoisotopic (exact) mass is 266 g/mol. The molecule has 2 N–H and O–H groups in total. The van der Waals surface area contributed by atoms with Crippen LogP contribution in [0.4, 0.5) is 5.69 Å². The number of hydrogen-bond acceptors (Lipinski definition) is 6. The summed E-state index contributed by atoms with van der Waals surface area (Å²) in [5.41, 5.74) is 8.58. The molecule has 0 fully saturated rings. The van der Waals surface area contributed by atoms with E-state index >= 15 is 0 Å². The summed E-state index contributed by atoms with van der Waals surface area (Å²) < 4.78 is 10.5. The quantitative estimate of drug-likeness (QED) is 0.716. The first-order valence-electron chi connectivity index (χ1n) is 5.88. The Morgan fingerprint density at radius 3 is 2.75 bits per heavy atom. The van der Waals surface area contributed by atoms with E-state index in [1.807, 2.05) is 13.0 Å². The summed E-state index contributed by atoms with van der Waals surface area (Å²) in [5, 5.41) is 16.5. The minimum absolute atomic E-state index is 0.451. The fraction of sp³-hybridized carbons (Fsp3) is 0.0714. The van der Waals surface area contributed by atoms with Crippen LogP contribution >= 0.6 is 0 Å². The molecule has 3 rings (SSSR count). The second-order valence-corrected chi connectivity index (χ2v) is 4.31. The Balaban J connectivity index is 2.08. The Labute approximate surface area is 114 Å². The maximum Gasteiger partial charge on any atom is 0.179 e. The van der Waals surface area contributed by atoms with Crippen LogP contribution in [0.25, 0.3) is 11.0 Å². The number of nitrogen functional groups attached to an aromatic ring is 1. The second kappa shape index (κ2) is 4.55. The van der Waals surface area contributed by atoms with Crippen LogP contribution in [-0.4, -0.2) is 10.3 Å². The molecular weight excluding hydrogens is 256 g/mol. The standard InChI is InChI=1S/C14H10N4O2/c1-8-2-3-9(7-15)6-12(8)19-11-5-4-10(16)13-14(11)18-20-17-13/h2-6H,16H2,1H3. The lowest BCUT2D eigenvalue weighted by Crippen LogP contribution is -1.92. The molecule has 0 spiro atoms. The van der Waals surface area contributed by atoms with Gasteiger partial charge in [0.05, 0.1) is 17.3 Å². The number of aromatic nitrogens is 2. The molecule has 6 heteroatoms. The number of nitrogens with zero attached hydrogens (tertiary/aromatic N) is 3. The predicted octanol–water partition coefficient (Wildman–Crippen LogP) is 2.78.